The van der Waals surface area contributed by atoms with Crippen molar-refractivity contribution >= 4 is 23.6 Å². The van der Waals surface area contributed by atoms with Crippen molar-refractivity contribution in [1.82, 2.24) is 10.1 Å². The lowest BCUT2D eigenvalue weighted by Gasteiger charge is -2.45. The first-order chi connectivity index (χ1) is 16.4. The summed E-state index contributed by atoms with van der Waals surface area (Å²) in [5.74, 6) is -2.50. The number of carbonyl (C=O) groups is 1. The molecule has 8 nitrogen and oxygen atoms in total. The molecule has 4 heterocycles. The molecule has 0 N–H and O–H groups in total. The van der Waals surface area contributed by atoms with E-state index < -0.39 is 35.3 Å². The molecule has 1 fully saturated rings. The van der Waals surface area contributed by atoms with Crippen molar-refractivity contribution < 1.29 is 27.2 Å². The minimum Gasteiger partial charge on any atom is -0.355 e. The van der Waals surface area contributed by atoms with Crippen molar-refractivity contribution in [1.29, 1.82) is 0 Å². The number of fused-ring (bicyclic) bond motifs is 3. The molecule has 0 bridgehead atoms. The van der Waals surface area contributed by atoms with Crippen molar-refractivity contribution in [3.63, 3.8) is 0 Å². The van der Waals surface area contributed by atoms with E-state index in [0.717, 1.165) is 18.6 Å². The molecular weight excluding hydrogens is 451 g/mol. The van der Waals surface area contributed by atoms with Gasteiger partial charge in [-0.2, -0.15) is 4.98 Å². The van der Waals surface area contributed by atoms with Crippen LogP contribution in [0, 0.1) is 17.5 Å². The third-order valence-electron chi connectivity index (χ3n) is 6.42. The van der Waals surface area contributed by atoms with Gasteiger partial charge in [0.05, 0.1) is 23.3 Å². The Balaban J connectivity index is 1.41. The Morgan fingerprint density at radius 3 is 2.65 bits per heavy atom. The Bertz CT molecular complexity index is 1340. The molecule has 0 aliphatic carbocycles. The average molecular weight is 469 g/mol. The van der Waals surface area contributed by atoms with Crippen molar-refractivity contribution in [2.24, 2.45) is 4.99 Å². The average Bonchev–Trinajstić information content (AvgIpc) is 3.53. The first-order valence-corrected chi connectivity index (χ1v) is 10.7. The zero-order chi connectivity index (χ0) is 23.6. The number of rotatable bonds is 3. The van der Waals surface area contributed by atoms with Crippen LogP contribution in [0.5, 0.6) is 0 Å². The molecule has 0 radical (unpaired) electrons. The Kier molecular flexibility index (Phi) is 4.53. The first-order valence-electron chi connectivity index (χ1n) is 10.7. The zero-order valence-corrected chi connectivity index (χ0v) is 17.9. The van der Waals surface area contributed by atoms with Gasteiger partial charge in [0.25, 0.3) is 11.8 Å². The number of benzene rings is 2. The van der Waals surface area contributed by atoms with Gasteiger partial charge >= 0.3 is 0 Å². The van der Waals surface area contributed by atoms with Gasteiger partial charge in [-0.1, -0.05) is 5.16 Å². The quantitative estimate of drug-likeness (QED) is 0.577. The Labute approximate surface area is 191 Å². The van der Waals surface area contributed by atoms with Crippen LogP contribution in [0.2, 0.25) is 0 Å². The smallest absolute Gasteiger partial charge is 0.255 e. The van der Waals surface area contributed by atoms with E-state index in [1.807, 2.05) is 0 Å². The van der Waals surface area contributed by atoms with Crippen molar-refractivity contribution in [3.8, 4) is 11.4 Å². The van der Waals surface area contributed by atoms with E-state index in [1.54, 1.807) is 17.9 Å². The lowest BCUT2D eigenvalue weighted by molar-refractivity contribution is -0.125. The molecule has 3 atom stereocenters. The number of halogens is 3. The molecule has 3 aliphatic heterocycles. The Hall–Kier alpha value is -3.73. The summed E-state index contributed by atoms with van der Waals surface area (Å²) in [4.78, 5) is 25.6. The van der Waals surface area contributed by atoms with Gasteiger partial charge in [0.1, 0.15) is 29.2 Å². The molecule has 34 heavy (non-hydrogen) atoms. The molecule has 174 valence electrons. The van der Waals surface area contributed by atoms with E-state index in [9.17, 15) is 18.0 Å². The molecule has 3 unspecified atom stereocenters. The minimum absolute atomic E-state index is 0.00108. The fraction of sp³-hybridized carbons (Fsp3) is 0.304. The van der Waals surface area contributed by atoms with E-state index in [4.69, 9.17) is 9.26 Å². The summed E-state index contributed by atoms with van der Waals surface area (Å²) in [6.45, 7) is 2.28. The van der Waals surface area contributed by atoms with Crippen LogP contribution in [0.15, 0.2) is 45.9 Å². The summed E-state index contributed by atoms with van der Waals surface area (Å²) >= 11 is 0. The summed E-state index contributed by atoms with van der Waals surface area (Å²) in [6, 6.07) is 5.45. The number of ether oxygens (including phenoxy) is 1. The third-order valence-corrected chi connectivity index (χ3v) is 6.42. The number of aromatic nitrogens is 2. The van der Waals surface area contributed by atoms with Gasteiger partial charge < -0.3 is 14.2 Å². The number of aliphatic imine (C=N–C) groups is 1. The summed E-state index contributed by atoms with van der Waals surface area (Å²) < 4.78 is 53.0. The summed E-state index contributed by atoms with van der Waals surface area (Å²) in [5, 5.41) is 3.81. The van der Waals surface area contributed by atoms with Gasteiger partial charge in [-0.15, -0.1) is 0 Å². The highest BCUT2D eigenvalue weighted by atomic mass is 19.1. The van der Waals surface area contributed by atoms with Crippen LogP contribution in [-0.2, 0) is 9.53 Å². The van der Waals surface area contributed by atoms with E-state index in [-0.39, 0.29) is 23.2 Å². The lowest BCUT2D eigenvalue weighted by Crippen LogP contribution is -2.60. The second kappa shape index (κ2) is 7.39. The normalized spacial score (nSPS) is 25.7. The number of anilines is 2. The van der Waals surface area contributed by atoms with Crippen LogP contribution in [0.25, 0.3) is 11.4 Å². The van der Waals surface area contributed by atoms with Gasteiger partial charge in [-0.3, -0.25) is 14.7 Å². The maximum Gasteiger partial charge on any atom is 0.255 e. The van der Waals surface area contributed by atoms with Gasteiger partial charge in [0, 0.05) is 12.7 Å². The van der Waals surface area contributed by atoms with Gasteiger partial charge in [-0.25, -0.2) is 13.2 Å². The summed E-state index contributed by atoms with van der Waals surface area (Å²) in [6.07, 6.45) is 2.82. The number of nitrogens with zero attached hydrogens (tertiary/aromatic N) is 5. The standard InChI is InChI=1S/C23H18F3N5O3/c1-23(7-2-8-33-23)31-17-10-13(25)4-6-16(17)30-11-27-18(19(30)22(31)32)21-28-20(29-34-21)14-5-3-12(24)9-15(14)26/h3-6,9-11,18-19H,2,7-8H2,1H3. The molecule has 3 aromatic rings. The molecule has 0 spiro atoms. The van der Waals surface area contributed by atoms with Crippen LogP contribution in [0.1, 0.15) is 31.7 Å². The molecule has 1 saturated heterocycles. The van der Waals surface area contributed by atoms with Crippen LogP contribution in [0.4, 0.5) is 24.5 Å². The largest absolute Gasteiger partial charge is 0.355 e. The first kappa shape index (κ1) is 20.8. The molecule has 1 amide bonds. The Morgan fingerprint density at radius 2 is 1.88 bits per heavy atom. The highest BCUT2D eigenvalue weighted by molar-refractivity contribution is 6.12. The zero-order valence-electron chi connectivity index (χ0n) is 17.9. The van der Waals surface area contributed by atoms with Crippen LogP contribution >= 0.6 is 0 Å². The van der Waals surface area contributed by atoms with Gasteiger partial charge in [0.15, 0.2) is 6.04 Å². The molecule has 6 rings (SSSR count). The van der Waals surface area contributed by atoms with Gasteiger partial charge in [0.2, 0.25) is 5.82 Å². The van der Waals surface area contributed by atoms with Crippen molar-refractivity contribution in [2.75, 3.05) is 16.4 Å². The van der Waals surface area contributed by atoms with Crippen LogP contribution in [0.3, 0.4) is 0 Å². The van der Waals surface area contributed by atoms with E-state index in [0.29, 0.717) is 24.4 Å². The maximum atomic E-state index is 14.2. The number of hydrogen-bond acceptors (Lipinski definition) is 7. The second-order valence-corrected chi connectivity index (χ2v) is 8.58. The van der Waals surface area contributed by atoms with Crippen molar-refractivity contribution in [3.05, 3.63) is 59.7 Å². The topological polar surface area (TPSA) is 84.1 Å². The van der Waals surface area contributed by atoms with Crippen LogP contribution < -0.4 is 9.80 Å². The molecule has 1 aromatic heterocycles. The van der Waals surface area contributed by atoms with E-state index in [2.05, 4.69) is 15.1 Å². The number of amides is 1. The predicted molar refractivity (Wildman–Crippen MR) is 115 cm³/mol. The highest BCUT2D eigenvalue weighted by Gasteiger charge is 2.53. The lowest BCUT2D eigenvalue weighted by atomic mass is 9.97. The van der Waals surface area contributed by atoms with Crippen LogP contribution in [-0.4, -0.2) is 40.8 Å². The summed E-state index contributed by atoms with van der Waals surface area (Å²) in [7, 11) is 0. The number of hydrogen-bond donors (Lipinski definition) is 0. The molecular formula is C23H18F3N5O3. The highest BCUT2D eigenvalue weighted by Crippen LogP contribution is 2.47. The van der Waals surface area contributed by atoms with Crippen molar-refractivity contribution in [2.45, 2.75) is 37.6 Å². The van der Waals surface area contributed by atoms with Gasteiger partial charge in [-0.05, 0) is 50.1 Å². The summed E-state index contributed by atoms with van der Waals surface area (Å²) in [5.41, 5.74) is -0.0222. The van der Waals surface area contributed by atoms with E-state index in [1.165, 1.54) is 29.4 Å². The number of carbonyl (C=O) groups excluding carboxylic acids is 1. The maximum absolute atomic E-state index is 14.2. The molecule has 3 aliphatic rings. The Morgan fingerprint density at radius 1 is 1.09 bits per heavy atom. The molecule has 11 heteroatoms. The molecule has 2 aromatic carbocycles. The van der Waals surface area contributed by atoms with E-state index >= 15 is 0 Å². The monoisotopic (exact) mass is 469 g/mol. The fourth-order valence-corrected chi connectivity index (χ4v) is 4.82. The third kappa shape index (κ3) is 3.03. The SMILES string of the molecule is CC1(N2C(=O)C3C(c4nc(-c5ccc(F)cc5F)no4)N=CN3c3ccc(F)cc32)CCCO1. The minimum atomic E-state index is -0.948. The molecule has 0 saturated carbocycles. The fourth-order valence-electron chi connectivity index (χ4n) is 4.82. The second-order valence-electron chi connectivity index (χ2n) is 8.58. The predicted octanol–water partition coefficient (Wildman–Crippen LogP) is 3.99.